The summed E-state index contributed by atoms with van der Waals surface area (Å²) < 4.78 is 52.5. The van der Waals surface area contributed by atoms with Gasteiger partial charge < -0.3 is 43.0 Å². The van der Waals surface area contributed by atoms with E-state index >= 15 is 0 Å². The number of fused-ring (bicyclic) bond motifs is 2. The first kappa shape index (κ1) is 39.6. The maximum atomic E-state index is 14.3. The summed E-state index contributed by atoms with van der Waals surface area (Å²) in [7, 11) is 0. The molecule has 14 nitrogen and oxygen atoms in total. The maximum absolute atomic E-state index is 14.3. The highest BCUT2D eigenvalue weighted by Gasteiger charge is 2.89. The van der Waals surface area contributed by atoms with E-state index in [1.807, 2.05) is 0 Å². The number of aliphatic hydroxyl groups is 1. The third kappa shape index (κ3) is 5.47. The molecule has 2 saturated heterocycles. The van der Waals surface area contributed by atoms with Crippen molar-refractivity contribution in [2.24, 2.45) is 23.7 Å². The summed E-state index contributed by atoms with van der Waals surface area (Å²) in [5.41, 5.74) is -7.35. The van der Waals surface area contributed by atoms with Crippen LogP contribution in [-0.4, -0.2) is 87.9 Å². The third-order valence-electron chi connectivity index (χ3n) is 12.5. The summed E-state index contributed by atoms with van der Waals surface area (Å²) in [5.74, 6) is -10.1. The van der Waals surface area contributed by atoms with Crippen LogP contribution in [0.3, 0.4) is 0 Å². The Labute approximate surface area is 324 Å². The number of carbonyl (C=O) groups is 5. The van der Waals surface area contributed by atoms with Gasteiger partial charge >= 0.3 is 35.8 Å². The van der Waals surface area contributed by atoms with Crippen molar-refractivity contribution >= 4 is 29.8 Å². The standard InChI is InChI=1S/C42H48O14/c1-21(2)40-33(50-25(6)44)23(4)41-30-20-22(3)32(49-24(5)43)39(30,48)37(52-27(8)46)38(9,54-36(47)28-16-12-10-13-17-28)34(51-26(7)45)31(41)35(40)53-42(55-40,56-41)29-18-14-11-15-19-29/h10-19,22-23,30-35,37,48H,1,20H2,2-9H3/t22-,23+,30+,31-,32-,33-,34-,35+,37+,38+,39+,40-,41-,42?/m0/s1. The molecule has 0 radical (unpaired) electrons. The second kappa shape index (κ2) is 13.5. The van der Waals surface area contributed by atoms with Crippen molar-refractivity contribution in [3.63, 3.8) is 0 Å². The van der Waals surface area contributed by atoms with Crippen LogP contribution in [-0.2, 0) is 63.0 Å². The molecule has 3 saturated carbocycles. The predicted octanol–water partition coefficient (Wildman–Crippen LogP) is 4.31. The van der Waals surface area contributed by atoms with E-state index in [2.05, 4.69) is 6.58 Å². The predicted molar refractivity (Wildman–Crippen MR) is 193 cm³/mol. The molecule has 5 aliphatic rings. The number of benzene rings is 2. The van der Waals surface area contributed by atoms with Crippen LogP contribution in [0.1, 0.15) is 77.7 Å². The molecule has 300 valence electrons. The third-order valence-corrected chi connectivity index (χ3v) is 12.5. The summed E-state index contributed by atoms with van der Waals surface area (Å²) in [4.78, 5) is 67.1. The minimum Gasteiger partial charge on any atom is -0.459 e. The van der Waals surface area contributed by atoms with Gasteiger partial charge in [-0.3, -0.25) is 19.2 Å². The fourth-order valence-electron chi connectivity index (χ4n) is 10.8. The molecule has 2 heterocycles. The van der Waals surface area contributed by atoms with Gasteiger partial charge in [-0.05, 0) is 43.9 Å². The Kier molecular flexibility index (Phi) is 9.54. The fourth-order valence-corrected chi connectivity index (χ4v) is 10.8. The van der Waals surface area contributed by atoms with Gasteiger partial charge in [0.05, 0.1) is 17.1 Å². The minimum atomic E-state index is -2.44. The van der Waals surface area contributed by atoms with Gasteiger partial charge in [0, 0.05) is 45.1 Å². The molecule has 0 spiro atoms. The number of rotatable bonds is 8. The van der Waals surface area contributed by atoms with Gasteiger partial charge in [0.1, 0.15) is 23.9 Å². The average molecular weight is 777 g/mol. The van der Waals surface area contributed by atoms with E-state index in [-0.39, 0.29) is 12.0 Å². The number of esters is 5. The Bertz CT molecular complexity index is 1950. The lowest BCUT2D eigenvalue weighted by Crippen LogP contribution is -2.77. The molecule has 2 aliphatic heterocycles. The van der Waals surface area contributed by atoms with E-state index in [9.17, 15) is 29.1 Å². The van der Waals surface area contributed by atoms with Gasteiger partial charge in [-0.2, -0.15) is 0 Å². The summed E-state index contributed by atoms with van der Waals surface area (Å²) in [5, 5.41) is 13.8. The summed E-state index contributed by atoms with van der Waals surface area (Å²) in [6.45, 7) is 15.7. The molecule has 0 amide bonds. The largest absolute Gasteiger partial charge is 0.459 e. The molecule has 1 unspecified atom stereocenters. The molecular weight excluding hydrogens is 728 g/mol. The van der Waals surface area contributed by atoms with Crippen LogP contribution < -0.4 is 0 Å². The molecule has 3 bridgehead atoms. The normalized spacial score (nSPS) is 41.6. The lowest BCUT2D eigenvalue weighted by Gasteiger charge is -2.62. The van der Waals surface area contributed by atoms with Gasteiger partial charge in [0.2, 0.25) is 0 Å². The highest BCUT2D eigenvalue weighted by Crippen LogP contribution is 2.73. The zero-order valence-corrected chi connectivity index (χ0v) is 32.6. The van der Waals surface area contributed by atoms with Gasteiger partial charge in [-0.15, -0.1) is 0 Å². The Morgan fingerprint density at radius 3 is 1.84 bits per heavy atom. The van der Waals surface area contributed by atoms with Gasteiger partial charge in [-0.1, -0.05) is 69.0 Å². The Hall–Kier alpha value is -4.63. The topological polar surface area (TPSA) is 179 Å². The van der Waals surface area contributed by atoms with Gasteiger partial charge in [0.15, 0.2) is 23.4 Å². The maximum Gasteiger partial charge on any atom is 0.338 e. The van der Waals surface area contributed by atoms with Crippen LogP contribution in [0.2, 0.25) is 0 Å². The molecule has 5 fully saturated rings. The molecule has 0 aromatic heterocycles. The van der Waals surface area contributed by atoms with Crippen LogP contribution in [0.25, 0.3) is 0 Å². The lowest BCUT2D eigenvalue weighted by molar-refractivity contribution is -0.447. The summed E-state index contributed by atoms with van der Waals surface area (Å²) in [6, 6.07) is 16.8. The first-order valence-corrected chi connectivity index (χ1v) is 18.8. The first-order chi connectivity index (χ1) is 26.3. The smallest absolute Gasteiger partial charge is 0.338 e. The molecule has 56 heavy (non-hydrogen) atoms. The molecule has 1 N–H and O–H groups in total. The van der Waals surface area contributed by atoms with Crippen molar-refractivity contribution < 1.29 is 67.0 Å². The fraction of sp³-hybridized carbons (Fsp3) is 0.548. The summed E-state index contributed by atoms with van der Waals surface area (Å²) >= 11 is 0. The van der Waals surface area contributed by atoms with E-state index in [1.165, 1.54) is 39.8 Å². The number of hydrogen-bond acceptors (Lipinski definition) is 14. The van der Waals surface area contributed by atoms with Crippen molar-refractivity contribution in [3.05, 3.63) is 83.9 Å². The molecule has 2 aromatic rings. The lowest BCUT2D eigenvalue weighted by atomic mass is 9.52. The Morgan fingerprint density at radius 1 is 0.750 bits per heavy atom. The molecule has 2 aromatic carbocycles. The quantitative estimate of drug-likeness (QED) is 0.228. The number of hydrogen-bond donors (Lipinski definition) is 1. The Morgan fingerprint density at radius 2 is 1.29 bits per heavy atom. The molecular formula is C42H48O14. The van der Waals surface area contributed by atoms with E-state index in [1.54, 1.807) is 69.3 Å². The van der Waals surface area contributed by atoms with Crippen molar-refractivity contribution in [2.75, 3.05) is 0 Å². The van der Waals surface area contributed by atoms with Crippen LogP contribution >= 0.6 is 0 Å². The van der Waals surface area contributed by atoms with Gasteiger partial charge in [0.25, 0.3) is 0 Å². The summed E-state index contributed by atoms with van der Waals surface area (Å²) in [6.07, 6.45) is -7.30. The average Bonchev–Trinajstić information content (AvgIpc) is 3.53. The van der Waals surface area contributed by atoms with E-state index in [0.29, 0.717) is 11.1 Å². The van der Waals surface area contributed by atoms with Crippen LogP contribution in [0.4, 0.5) is 0 Å². The highest BCUT2D eigenvalue weighted by atomic mass is 16.9. The second-order valence-electron chi connectivity index (χ2n) is 16.1. The first-order valence-electron chi connectivity index (χ1n) is 18.8. The number of carbonyl (C=O) groups excluding carboxylic acids is 5. The molecule has 14 heteroatoms. The Balaban J connectivity index is 1.62. The van der Waals surface area contributed by atoms with Crippen molar-refractivity contribution in [3.8, 4) is 0 Å². The van der Waals surface area contributed by atoms with Crippen LogP contribution in [0.5, 0.6) is 0 Å². The van der Waals surface area contributed by atoms with Crippen molar-refractivity contribution in [1.29, 1.82) is 0 Å². The SMILES string of the molecule is C=C(C)[C@@]12OC3(c4ccccc4)O[C@@H]1[C@@H]1[C@H](OC(C)=O)[C@@](C)(OC(=O)c4ccccc4)[C@@H](OC(C)=O)[C@@]4(O)[C@@H](C[C@H](C)[C@@H]4OC(C)=O)[C@@]1(O3)[C@H](C)[C@@H]2OC(C)=O. The number of ether oxygens (including phenoxy) is 8. The van der Waals surface area contributed by atoms with Gasteiger partial charge in [-0.25, -0.2) is 4.79 Å². The molecule has 3 aliphatic carbocycles. The zero-order chi connectivity index (χ0) is 40.7. The monoisotopic (exact) mass is 776 g/mol. The highest BCUT2D eigenvalue weighted by molar-refractivity contribution is 5.89. The van der Waals surface area contributed by atoms with Crippen LogP contribution in [0, 0.1) is 23.7 Å². The van der Waals surface area contributed by atoms with Crippen molar-refractivity contribution in [1.82, 2.24) is 0 Å². The van der Waals surface area contributed by atoms with E-state index in [4.69, 9.17) is 37.9 Å². The zero-order valence-electron chi connectivity index (χ0n) is 32.6. The van der Waals surface area contributed by atoms with E-state index in [0.717, 1.165) is 6.92 Å². The second-order valence-corrected chi connectivity index (χ2v) is 16.1. The molecule has 14 atom stereocenters. The van der Waals surface area contributed by atoms with Crippen LogP contribution in [0.15, 0.2) is 72.8 Å². The van der Waals surface area contributed by atoms with E-state index < -0.39 is 112 Å². The molecule has 7 rings (SSSR count). The minimum absolute atomic E-state index is 0.0625. The van der Waals surface area contributed by atoms with Crippen molar-refractivity contribution in [2.45, 2.75) is 121 Å².